The van der Waals surface area contributed by atoms with E-state index in [1.54, 1.807) is 0 Å². The van der Waals surface area contributed by atoms with Crippen molar-refractivity contribution in [3.05, 3.63) is 40.3 Å². The van der Waals surface area contributed by atoms with E-state index >= 15 is 0 Å². The van der Waals surface area contributed by atoms with Gasteiger partial charge < -0.3 is 15.2 Å². The Morgan fingerprint density at radius 2 is 1.77 bits per heavy atom. The molecule has 1 heterocycles. The van der Waals surface area contributed by atoms with Crippen LogP contribution in [0.15, 0.2) is 24.3 Å². The molecule has 0 spiro atoms. The van der Waals surface area contributed by atoms with Crippen molar-refractivity contribution in [1.29, 1.82) is 0 Å². The Morgan fingerprint density at radius 3 is 2.33 bits per heavy atom. The molecule has 1 aromatic heterocycles. The summed E-state index contributed by atoms with van der Waals surface area (Å²) in [5.74, 6) is -3.11. The lowest BCUT2D eigenvalue weighted by atomic mass is 9.78. The zero-order valence-corrected chi connectivity index (χ0v) is 18.3. The van der Waals surface area contributed by atoms with Gasteiger partial charge in [0.05, 0.1) is 18.9 Å². The van der Waals surface area contributed by atoms with Gasteiger partial charge in [-0.2, -0.15) is 0 Å². The van der Waals surface area contributed by atoms with Crippen molar-refractivity contribution in [1.82, 2.24) is 0 Å². The molecule has 6 nitrogen and oxygen atoms in total. The van der Waals surface area contributed by atoms with Gasteiger partial charge in [-0.1, -0.05) is 44.0 Å². The third-order valence-electron chi connectivity index (χ3n) is 5.78. The smallest absolute Gasteiger partial charge is 0.341 e. The van der Waals surface area contributed by atoms with Crippen LogP contribution in [-0.4, -0.2) is 30.1 Å². The number of thiophene rings is 1. The second kappa shape index (κ2) is 9.43. The van der Waals surface area contributed by atoms with E-state index in [1.807, 2.05) is 31.2 Å². The highest BCUT2D eigenvalue weighted by atomic mass is 32.1. The van der Waals surface area contributed by atoms with Crippen molar-refractivity contribution in [3.8, 4) is 11.1 Å². The summed E-state index contributed by atoms with van der Waals surface area (Å²) in [6, 6.07) is 7.97. The first-order chi connectivity index (χ1) is 14.4. The van der Waals surface area contributed by atoms with Gasteiger partial charge in [0.15, 0.2) is 0 Å². The van der Waals surface area contributed by atoms with E-state index in [4.69, 9.17) is 4.74 Å². The number of aryl methyl sites for hydroxylation is 2. The van der Waals surface area contributed by atoms with Gasteiger partial charge in [-0.25, -0.2) is 4.79 Å². The van der Waals surface area contributed by atoms with Crippen LogP contribution in [0.3, 0.4) is 0 Å². The lowest BCUT2D eigenvalue weighted by Gasteiger charge is -2.27. The summed E-state index contributed by atoms with van der Waals surface area (Å²) >= 11 is 1.31. The van der Waals surface area contributed by atoms with Crippen molar-refractivity contribution in [3.63, 3.8) is 0 Å². The number of anilines is 1. The van der Waals surface area contributed by atoms with Crippen LogP contribution in [-0.2, 0) is 20.7 Å². The molecular weight excluding hydrogens is 402 g/mol. The predicted molar refractivity (Wildman–Crippen MR) is 117 cm³/mol. The molecule has 0 saturated heterocycles. The molecule has 1 saturated carbocycles. The summed E-state index contributed by atoms with van der Waals surface area (Å²) in [6.45, 7) is 3.98. The fraction of sp³-hybridized carbons (Fsp3) is 0.435. The molecule has 0 bridgehead atoms. The van der Waals surface area contributed by atoms with Crippen molar-refractivity contribution in [2.75, 3.05) is 12.4 Å². The minimum absolute atomic E-state index is 0.320. The van der Waals surface area contributed by atoms with Crippen LogP contribution in [0.5, 0.6) is 0 Å². The highest BCUT2D eigenvalue weighted by Gasteiger charge is 2.36. The lowest BCUT2D eigenvalue weighted by Crippen LogP contribution is -2.36. The molecule has 7 heteroatoms. The minimum Gasteiger partial charge on any atom is -0.481 e. The van der Waals surface area contributed by atoms with E-state index in [-0.39, 0.29) is 5.91 Å². The Hall–Kier alpha value is -2.67. The largest absolute Gasteiger partial charge is 0.481 e. The second-order valence-electron chi connectivity index (χ2n) is 7.60. The number of benzene rings is 1. The number of hydrogen-bond acceptors (Lipinski definition) is 5. The molecule has 1 fully saturated rings. The molecule has 0 unspecified atom stereocenters. The van der Waals surface area contributed by atoms with Gasteiger partial charge in [-0.3, -0.25) is 9.59 Å². The zero-order valence-electron chi connectivity index (χ0n) is 17.5. The maximum Gasteiger partial charge on any atom is 0.341 e. The number of ether oxygens (including phenoxy) is 1. The van der Waals surface area contributed by atoms with Gasteiger partial charge in [0, 0.05) is 10.4 Å². The quantitative estimate of drug-likeness (QED) is 0.637. The number of hydrogen-bond donors (Lipinski definition) is 2. The number of aliphatic carboxylic acids is 1. The van der Waals surface area contributed by atoms with Crippen molar-refractivity contribution in [2.45, 2.75) is 46.0 Å². The first-order valence-electron chi connectivity index (χ1n) is 10.2. The molecule has 30 heavy (non-hydrogen) atoms. The molecule has 2 N–H and O–H groups in total. The van der Waals surface area contributed by atoms with E-state index in [1.165, 1.54) is 24.0 Å². The van der Waals surface area contributed by atoms with Gasteiger partial charge in [0.25, 0.3) is 0 Å². The molecular formula is C23H27NO5S. The molecule has 0 radical (unpaired) electrons. The number of rotatable bonds is 6. The van der Waals surface area contributed by atoms with Crippen molar-refractivity contribution < 1.29 is 24.2 Å². The number of carboxylic acid groups (broad SMARTS) is 1. The van der Waals surface area contributed by atoms with Crippen LogP contribution in [0.25, 0.3) is 11.1 Å². The average Bonchev–Trinajstić information content (AvgIpc) is 3.08. The Balaban J connectivity index is 1.97. The fourth-order valence-corrected chi connectivity index (χ4v) is 5.20. The second-order valence-corrected chi connectivity index (χ2v) is 8.83. The van der Waals surface area contributed by atoms with Gasteiger partial charge in [0.2, 0.25) is 5.91 Å². The maximum atomic E-state index is 13.0. The average molecular weight is 430 g/mol. The van der Waals surface area contributed by atoms with Gasteiger partial charge in [-0.15, -0.1) is 11.3 Å². The maximum absolute atomic E-state index is 13.0. The van der Waals surface area contributed by atoms with Gasteiger partial charge >= 0.3 is 11.9 Å². The van der Waals surface area contributed by atoms with Gasteiger partial charge in [-0.05, 0) is 37.3 Å². The Labute approximate surface area is 180 Å². The minimum atomic E-state index is -0.942. The normalized spacial score (nSPS) is 18.6. The number of nitrogens with one attached hydrogen (secondary N) is 1. The molecule has 1 aliphatic carbocycles. The van der Waals surface area contributed by atoms with Crippen LogP contribution < -0.4 is 5.32 Å². The molecule has 0 aliphatic heterocycles. The Kier molecular flexibility index (Phi) is 6.92. The lowest BCUT2D eigenvalue weighted by molar-refractivity contribution is -0.147. The van der Waals surface area contributed by atoms with Crippen LogP contribution in [0.1, 0.15) is 53.4 Å². The molecule has 1 aromatic carbocycles. The Morgan fingerprint density at radius 1 is 1.13 bits per heavy atom. The van der Waals surface area contributed by atoms with Crippen molar-refractivity contribution >= 4 is 34.2 Å². The van der Waals surface area contributed by atoms with E-state index in [0.717, 1.165) is 35.3 Å². The third-order valence-corrected chi connectivity index (χ3v) is 6.80. The first-order valence-corrected chi connectivity index (χ1v) is 11.0. The third kappa shape index (κ3) is 4.41. The molecule has 1 aliphatic rings. The van der Waals surface area contributed by atoms with E-state index in [0.29, 0.717) is 23.4 Å². The van der Waals surface area contributed by atoms with E-state index in [2.05, 4.69) is 12.2 Å². The summed E-state index contributed by atoms with van der Waals surface area (Å²) in [7, 11) is 1.31. The van der Waals surface area contributed by atoms with E-state index in [9.17, 15) is 19.5 Å². The highest BCUT2D eigenvalue weighted by Crippen LogP contribution is 2.41. The van der Waals surface area contributed by atoms with Crippen LogP contribution in [0.2, 0.25) is 0 Å². The molecule has 1 amide bonds. The van der Waals surface area contributed by atoms with Crippen LogP contribution >= 0.6 is 11.3 Å². The number of methoxy groups -OCH3 is 1. The molecule has 2 aromatic rings. The number of carbonyl (C=O) groups is 3. The standard InChI is InChI=1S/C23H27NO5S/c1-4-14-9-11-15(12-10-14)18-13(2)30-21(19(18)23(28)29-3)24-20(25)16-7-5-6-8-17(16)22(26)27/h9-12,16-17H,4-8H2,1-3H3,(H,24,25)(H,26,27)/t16-,17-/m1/s1. The summed E-state index contributed by atoms with van der Waals surface area (Å²) in [4.78, 5) is 38.1. The summed E-state index contributed by atoms with van der Waals surface area (Å²) < 4.78 is 5.01. The summed E-state index contributed by atoms with van der Waals surface area (Å²) in [6.07, 6.45) is 3.58. The number of esters is 1. The predicted octanol–water partition coefficient (Wildman–Crippen LogP) is 4.90. The van der Waals surface area contributed by atoms with E-state index < -0.39 is 23.8 Å². The summed E-state index contributed by atoms with van der Waals surface area (Å²) in [5.41, 5.74) is 3.13. The van der Waals surface area contributed by atoms with Crippen LogP contribution in [0.4, 0.5) is 5.00 Å². The molecule has 2 atom stereocenters. The summed E-state index contributed by atoms with van der Waals surface area (Å²) in [5, 5.41) is 12.8. The van der Waals surface area contributed by atoms with Crippen molar-refractivity contribution in [2.24, 2.45) is 11.8 Å². The molecule has 160 valence electrons. The number of carbonyl (C=O) groups excluding carboxylic acids is 2. The monoisotopic (exact) mass is 429 g/mol. The Bertz CT molecular complexity index is 947. The van der Waals surface area contributed by atoms with Gasteiger partial charge in [0.1, 0.15) is 10.6 Å². The fourth-order valence-electron chi connectivity index (χ4n) is 4.13. The number of carboxylic acids is 1. The number of amides is 1. The zero-order chi connectivity index (χ0) is 21.8. The molecule has 3 rings (SSSR count). The highest BCUT2D eigenvalue weighted by molar-refractivity contribution is 7.17. The topological polar surface area (TPSA) is 92.7 Å². The SMILES string of the molecule is CCc1ccc(-c2c(C)sc(NC(=O)[C@@H]3CCCC[C@H]3C(=O)O)c2C(=O)OC)cc1. The van der Waals surface area contributed by atoms with Crippen LogP contribution in [0, 0.1) is 18.8 Å². The first kappa shape index (κ1) is 22.0.